The molecule has 2 rings (SSSR count). The van der Waals surface area contributed by atoms with E-state index in [0.29, 0.717) is 15.7 Å². The van der Waals surface area contributed by atoms with Gasteiger partial charge in [-0.1, -0.05) is 42.2 Å². The molecule has 0 aliphatic rings. The summed E-state index contributed by atoms with van der Waals surface area (Å²) in [6, 6.07) is 1.69. The molecule has 0 N–H and O–H groups in total. The molecule has 0 aliphatic carbocycles. The lowest BCUT2D eigenvalue weighted by Crippen LogP contribution is -2.14. The highest BCUT2D eigenvalue weighted by Crippen LogP contribution is 2.61. The molecule has 12 heteroatoms. The first-order valence-corrected chi connectivity index (χ1v) is 11.0. The maximum Gasteiger partial charge on any atom is 0.339 e. The van der Waals surface area contributed by atoms with Gasteiger partial charge >= 0.3 is 5.20 Å². The number of halogens is 5. The normalized spacial score (nSPS) is 11.4. The zero-order chi connectivity index (χ0) is 17.8. The molecule has 0 aliphatic heterocycles. The van der Waals surface area contributed by atoms with Gasteiger partial charge in [0.25, 0.3) is 0 Å². The maximum absolute atomic E-state index is 9.51. The zero-order valence-corrected chi connectivity index (χ0v) is 16.4. The van der Waals surface area contributed by atoms with Gasteiger partial charge in [-0.15, -0.1) is 0 Å². The Morgan fingerprint density at radius 1 is 1.17 bits per heavy atom. The van der Waals surface area contributed by atoms with Crippen molar-refractivity contribution in [1.29, 1.82) is 0 Å². The van der Waals surface area contributed by atoms with E-state index >= 15 is 0 Å². The molecule has 2 heterocycles. The van der Waals surface area contributed by atoms with Gasteiger partial charge in [0.15, 0.2) is 0 Å². The van der Waals surface area contributed by atoms with E-state index in [4.69, 9.17) is 28.7 Å². The van der Waals surface area contributed by atoms with Gasteiger partial charge in [-0.25, -0.2) is 9.97 Å². The first kappa shape index (κ1) is 20.6. The maximum atomic E-state index is 9.51. The lowest BCUT2D eigenvalue weighted by atomic mass is 9.93. The van der Waals surface area contributed by atoms with Crippen LogP contribution >= 0.6 is 62.1 Å². The molecule has 124 valence electrons. The highest BCUT2D eigenvalue weighted by molar-refractivity contribution is 8.24. The van der Waals surface area contributed by atoms with Crippen LogP contribution in [0.25, 0.3) is 21.2 Å². The fraction of sp³-hybridized carbons (Fsp3) is 0.273. The van der Waals surface area contributed by atoms with Crippen molar-refractivity contribution in [2.75, 3.05) is 0 Å². The number of pyridine rings is 2. The summed E-state index contributed by atoms with van der Waals surface area (Å²) in [6.07, 6.45) is 3.15. The third-order valence-corrected chi connectivity index (χ3v) is 3.15. The van der Waals surface area contributed by atoms with E-state index < -0.39 is 10.7 Å². The van der Waals surface area contributed by atoms with Gasteiger partial charge in [-0.05, 0) is 56.3 Å². The highest BCUT2D eigenvalue weighted by Gasteiger charge is 2.23. The monoisotopic (exact) mass is 433 g/mol. The average Bonchev–Trinajstić information content (AvgIpc) is 2.36. The zero-order valence-electron chi connectivity index (χ0n) is 11.7. The largest absolute Gasteiger partial charge is 0.339 e. The van der Waals surface area contributed by atoms with Crippen molar-refractivity contribution in [3.8, 4) is 0 Å². The van der Waals surface area contributed by atoms with E-state index in [0.717, 1.165) is 10.9 Å². The van der Waals surface area contributed by atoms with E-state index in [2.05, 4.69) is 53.7 Å². The topological polar surface area (TPSA) is 91.6 Å². The van der Waals surface area contributed by atoms with Crippen molar-refractivity contribution in [3.63, 3.8) is 0 Å². The fourth-order valence-corrected chi connectivity index (χ4v) is 2.09. The molecule has 23 heavy (non-hydrogen) atoms. The molecule has 0 spiro atoms. The molecule has 0 saturated heterocycles. The molecule has 2 aromatic rings. The summed E-state index contributed by atoms with van der Waals surface area (Å²) in [5, 5.41) is 2.71. The SMILES string of the molecule is CC(C)(N=[N+]=[N-])c1cnc(Cl)c2cnc(Cl)cc12.O=P(Cl)(Cl)Cl. The quantitative estimate of drug-likeness (QED) is 0.163. The van der Waals surface area contributed by atoms with Crippen LogP contribution in [0.3, 0.4) is 0 Å². The van der Waals surface area contributed by atoms with Gasteiger partial charge in [0.2, 0.25) is 0 Å². The van der Waals surface area contributed by atoms with E-state index in [9.17, 15) is 4.57 Å². The van der Waals surface area contributed by atoms with Crippen LogP contribution in [-0.4, -0.2) is 9.97 Å². The van der Waals surface area contributed by atoms with Crippen LogP contribution < -0.4 is 0 Å². The van der Waals surface area contributed by atoms with Crippen LogP contribution in [-0.2, 0) is 10.1 Å². The van der Waals surface area contributed by atoms with E-state index in [-0.39, 0.29) is 0 Å². The van der Waals surface area contributed by atoms with Gasteiger partial charge in [0.05, 0.1) is 5.54 Å². The van der Waals surface area contributed by atoms with E-state index in [1.807, 2.05) is 0 Å². The van der Waals surface area contributed by atoms with Crippen molar-refractivity contribution in [2.45, 2.75) is 19.4 Å². The summed E-state index contributed by atoms with van der Waals surface area (Å²) in [7, 11) is 0. The van der Waals surface area contributed by atoms with Crippen molar-refractivity contribution in [1.82, 2.24) is 9.97 Å². The summed E-state index contributed by atoms with van der Waals surface area (Å²) in [5.41, 5.74) is 8.63. The van der Waals surface area contributed by atoms with Gasteiger partial charge in [0, 0.05) is 22.7 Å². The number of fused-ring (bicyclic) bond motifs is 1. The van der Waals surface area contributed by atoms with Crippen LogP contribution in [0.4, 0.5) is 0 Å². The minimum absolute atomic E-state index is 0.342. The molecule has 6 nitrogen and oxygen atoms in total. The predicted octanol–water partition coefficient (Wildman–Crippen LogP) is 7.29. The molecule has 0 aromatic carbocycles. The Hall–Kier alpha value is -0.450. The Balaban J connectivity index is 0.000000463. The van der Waals surface area contributed by atoms with Crippen LogP contribution in [0.2, 0.25) is 10.3 Å². The first-order chi connectivity index (χ1) is 10.5. The van der Waals surface area contributed by atoms with Crippen LogP contribution in [0.1, 0.15) is 19.4 Å². The molecule has 0 radical (unpaired) electrons. The van der Waals surface area contributed by atoms with E-state index in [1.54, 1.807) is 32.3 Å². The fourth-order valence-electron chi connectivity index (χ4n) is 1.73. The lowest BCUT2D eigenvalue weighted by Gasteiger charge is -2.20. The second-order valence-electron chi connectivity index (χ2n) is 4.66. The highest BCUT2D eigenvalue weighted by atomic mass is 36.0. The molecule has 0 bridgehead atoms. The molecular weight excluding hydrogens is 426 g/mol. The predicted molar refractivity (Wildman–Crippen MR) is 96.9 cm³/mol. The van der Waals surface area contributed by atoms with Crippen molar-refractivity contribution in [2.24, 2.45) is 5.11 Å². The Morgan fingerprint density at radius 2 is 1.74 bits per heavy atom. The molecule has 0 amide bonds. The first-order valence-electron chi connectivity index (χ1n) is 5.81. The smallest absolute Gasteiger partial charge is 0.271 e. The van der Waals surface area contributed by atoms with Crippen molar-refractivity contribution >= 4 is 72.9 Å². The van der Waals surface area contributed by atoms with Crippen LogP contribution in [0, 0.1) is 0 Å². The molecule has 0 unspecified atom stereocenters. The Morgan fingerprint density at radius 3 is 2.26 bits per heavy atom. The standard InChI is InChI=1S/C11H9Cl2N5.Cl3OP/c1-11(2,17-18-14)8-5-16-10(13)7-4-15-9(12)3-6(7)8;1-5(2,3)4/h3-5H,1-2H3;. The third kappa shape index (κ3) is 6.52. The second-order valence-corrected chi connectivity index (χ2v) is 12.0. The lowest BCUT2D eigenvalue weighted by molar-refractivity contribution is 0.553. The average molecular weight is 435 g/mol. The number of nitrogens with zero attached hydrogens (tertiary/aromatic N) is 5. The number of aromatic nitrogens is 2. The number of rotatable bonds is 2. The van der Waals surface area contributed by atoms with Crippen molar-refractivity contribution in [3.05, 3.63) is 44.8 Å². The molecule has 0 fully saturated rings. The molecular formula is C11H9Cl5N5OP. The Labute approximate surface area is 156 Å². The second kappa shape index (κ2) is 8.09. The Kier molecular flexibility index (Phi) is 7.24. The van der Waals surface area contributed by atoms with Gasteiger partial charge in [-0.3, -0.25) is 4.57 Å². The summed E-state index contributed by atoms with van der Waals surface area (Å²) in [5.74, 6) is 0. The molecule has 0 saturated carbocycles. The summed E-state index contributed by atoms with van der Waals surface area (Å²) >= 11 is 25.8. The summed E-state index contributed by atoms with van der Waals surface area (Å²) in [6.45, 7) is 3.59. The molecule has 0 atom stereocenters. The summed E-state index contributed by atoms with van der Waals surface area (Å²) < 4.78 is 9.51. The minimum Gasteiger partial charge on any atom is -0.271 e. The number of azide groups is 1. The van der Waals surface area contributed by atoms with Crippen molar-refractivity contribution < 1.29 is 4.57 Å². The summed E-state index contributed by atoms with van der Waals surface area (Å²) in [4.78, 5) is 10.9. The van der Waals surface area contributed by atoms with Crippen LogP contribution in [0.15, 0.2) is 23.6 Å². The number of hydrogen-bond acceptors (Lipinski definition) is 4. The third-order valence-electron chi connectivity index (χ3n) is 2.64. The van der Waals surface area contributed by atoms with E-state index in [1.165, 1.54) is 0 Å². The van der Waals surface area contributed by atoms with Gasteiger partial charge in [-0.2, -0.15) is 0 Å². The Bertz CT molecular complexity index is 810. The number of hydrogen-bond donors (Lipinski definition) is 0. The van der Waals surface area contributed by atoms with Gasteiger partial charge in [0.1, 0.15) is 10.3 Å². The van der Waals surface area contributed by atoms with Crippen LogP contribution in [0.5, 0.6) is 0 Å². The van der Waals surface area contributed by atoms with Gasteiger partial charge < -0.3 is 0 Å². The molecule has 2 aromatic heterocycles. The minimum atomic E-state index is -3.22.